The van der Waals surface area contributed by atoms with Crippen molar-refractivity contribution in [2.24, 2.45) is 5.73 Å². The van der Waals surface area contributed by atoms with Crippen molar-refractivity contribution in [3.05, 3.63) is 90.5 Å². The zero-order valence-corrected chi connectivity index (χ0v) is 24.3. The van der Waals surface area contributed by atoms with Crippen molar-refractivity contribution >= 4 is 31.3 Å². The molecule has 3 rings (SSSR count). The average Bonchev–Trinajstić information content (AvgIpc) is 2.99. The first-order valence-electron chi connectivity index (χ1n) is 13.0. The van der Waals surface area contributed by atoms with E-state index in [0.29, 0.717) is 11.3 Å². The minimum Gasteiger partial charge on any atom is -0.428 e. The van der Waals surface area contributed by atoms with Crippen LogP contribution in [0, 0.1) is 17.8 Å². The van der Waals surface area contributed by atoms with Crippen LogP contribution in [0.4, 0.5) is 23.7 Å². The smallest absolute Gasteiger partial charge is 0.428 e. The quantitative estimate of drug-likeness (QED) is 0.0552. The molecule has 0 aliphatic carbocycles. The van der Waals surface area contributed by atoms with Gasteiger partial charge in [-0.1, -0.05) is 54.5 Å². The Morgan fingerprint density at radius 1 is 0.978 bits per heavy atom. The summed E-state index contributed by atoms with van der Waals surface area (Å²) in [6.07, 6.45) is -2.36. The van der Waals surface area contributed by atoms with E-state index in [-0.39, 0.29) is 35.5 Å². The Hall–Kier alpha value is -5.19. The maximum Gasteiger partial charge on any atom is 0.493 e. The number of nitrogens with zero attached hydrogens (tertiary/aromatic N) is 1. The van der Waals surface area contributed by atoms with Crippen LogP contribution in [0.15, 0.2) is 84.9 Å². The van der Waals surface area contributed by atoms with Crippen molar-refractivity contribution < 1.29 is 50.7 Å². The fourth-order valence-electron chi connectivity index (χ4n) is 3.47. The van der Waals surface area contributed by atoms with Gasteiger partial charge in [0.2, 0.25) is 5.85 Å². The van der Waals surface area contributed by atoms with Crippen LogP contribution in [0.25, 0.3) is 0 Å². The molecule has 4 N–H and O–H groups in total. The van der Waals surface area contributed by atoms with Crippen LogP contribution in [0.2, 0.25) is 0 Å². The summed E-state index contributed by atoms with van der Waals surface area (Å²) in [5.41, 5.74) is 6.18. The van der Waals surface area contributed by atoms with E-state index < -0.39 is 44.8 Å². The first-order valence-corrected chi connectivity index (χ1v) is 14.6. The summed E-state index contributed by atoms with van der Waals surface area (Å²) < 4.78 is 75.7. The average molecular weight is 649 g/mol. The summed E-state index contributed by atoms with van der Waals surface area (Å²) in [6.45, 7) is -1.43. The second-order valence-corrected chi connectivity index (χ2v) is 10.9. The van der Waals surface area contributed by atoms with Crippen LogP contribution < -0.4 is 20.1 Å². The molecule has 0 saturated heterocycles. The Bertz CT molecular complexity index is 1470. The zero-order valence-electron chi connectivity index (χ0n) is 23.4. The predicted octanol–water partition coefficient (Wildman–Crippen LogP) is 5.32. The van der Waals surface area contributed by atoms with E-state index in [9.17, 15) is 27.3 Å². The monoisotopic (exact) mass is 648 g/mol. The van der Waals surface area contributed by atoms with Gasteiger partial charge >= 0.3 is 25.8 Å². The molecule has 1 atom stereocenters. The van der Waals surface area contributed by atoms with Gasteiger partial charge in [0.25, 0.3) is 0 Å². The van der Waals surface area contributed by atoms with Crippen LogP contribution >= 0.6 is 7.60 Å². The van der Waals surface area contributed by atoms with E-state index in [0.717, 1.165) is 0 Å². The lowest BCUT2D eigenvalue weighted by atomic mass is 10.1. The molecule has 12 nitrogen and oxygen atoms in total. The van der Waals surface area contributed by atoms with Crippen LogP contribution in [-0.2, 0) is 30.1 Å². The summed E-state index contributed by atoms with van der Waals surface area (Å²) in [5.74, 6) is -2.62. The highest BCUT2D eigenvalue weighted by Gasteiger charge is 2.46. The molecule has 1 amide bonds. The van der Waals surface area contributed by atoms with Gasteiger partial charge in [-0.3, -0.25) is 5.41 Å². The molecule has 1 unspecified atom stereocenters. The number of guanidine groups is 1. The van der Waals surface area contributed by atoms with Crippen molar-refractivity contribution in [3.8, 4) is 23.8 Å². The number of para-hydroxylation sites is 2. The molecule has 0 aliphatic heterocycles. The van der Waals surface area contributed by atoms with Gasteiger partial charge in [0, 0.05) is 12.1 Å². The highest BCUT2D eigenvalue weighted by atomic mass is 31.2. The number of hydrogen-bond donors (Lipinski definition) is 3. The number of anilines is 1. The lowest BCUT2D eigenvalue weighted by Gasteiger charge is -2.29. The van der Waals surface area contributed by atoms with E-state index in [2.05, 4.69) is 16.1 Å². The molecular formula is C29H28F3N4O8P. The summed E-state index contributed by atoms with van der Waals surface area (Å²) in [7, 11) is -4.63. The summed E-state index contributed by atoms with van der Waals surface area (Å²) in [4.78, 5) is 29.2. The van der Waals surface area contributed by atoms with Crippen molar-refractivity contribution in [1.82, 2.24) is 5.06 Å². The Morgan fingerprint density at radius 3 is 2.02 bits per heavy atom. The number of nitrogens with one attached hydrogen (secondary N) is 2. The Labute approximate surface area is 256 Å². The maximum absolute atomic E-state index is 14.6. The minimum absolute atomic E-state index is 0.0331. The first kappa shape index (κ1) is 34.3. The Morgan fingerprint density at radius 2 is 1.53 bits per heavy atom. The van der Waals surface area contributed by atoms with Crippen LogP contribution in [0.5, 0.6) is 11.5 Å². The van der Waals surface area contributed by atoms with Crippen molar-refractivity contribution in [1.29, 1.82) is 5.41 Å². The van der Waals surface area contributed by atoms with Gasteiger partial charge in [-0.15, -0.1) is 11.5 Å². The van der Waals surface area contributed by atoms with Gasteiger partial charge in [0.1, 0.15) is 18.1 Å². The normalized spacial score (nSPS) is 11.8. The van der Waals surface area contributed by atoms with Gasteiger partial charge in [-0.2, -0.15) is 13.2 Å². The number of nitrogens with two attached hydrogens (primary N) is 1. The van der Waals surface area contributed by atoms with Crippen molar-refractivity contribution in [2.45, 2.75) is 18.4 Å². The third kappa shape index (κ3) is 11.1. The molecule has 0 bridgehead atoms. The van der Waals surface area contributed by atoms with Gasteiger partial charge in [-0.05, 0) is 42.0 Å². The standard InChI is InChI=1S/C29H28F3N4O8P/c1-2-18-40-19-17-36(42-26(37)29(30,31)32)28(38)41-25(20-21-13-15-22(16-14-21)35-27(33)34)45(39,43-23-9-5-3-6-10-23)44-24-11-7-4-8-12-24/h1,3-16,25H,17-20H2,(H4,33,34,35). The lowest BCUT2D eigenvalue weighted by molar-refractivity contribution is -0.232. The van der Waals surface area contributed by atoms with E-state index >= 15 is 0 Å². The third-order valence-electron chi connectivity index (χ3n) is 5.44. The van der Waals surface area contributed by atoms with E-state index in [1.807, 2.05) is 0 Å². The largest absolute Gasteiger partial charge is 0.493 e. The zero-order chi connectivity index (χ0) is 32.9. The number of alkyl halides is 3. The van der Waals surface area contributed by atoms with Gasteiger partial charge in [-0.25, -0.2) is 14.2 Å². The predicted molar refractivity (Wildman–Crippen MR) is 156 cm³/mol. The maximum atomic E-state index is 14.6. The fourth-order valence-corrected chi connectivity index (χ4v) is 5.23. The number of ether oxygens (including phenoxy) is 2. The van der Waals surface area contributed by atoms with Gasteiger partial charge in [0.15, 0.2) is 5.96 Å². The second kappa shape index (κ2) is 16.0. The van der Waals surface area contributed by atoms with Crippen LogP contribution in [0.1, 0.15) is 5.56 Å². The Balaban J connectivity index is 2.02. The highest BCUT2D eigenvalue weighted by Crippen LogP contribution is 2.54. The third-order valence-corrected chi connectivity index (χ3v) is 7.36. The van der Waals surface area contributed by atoms with Gasteiger partial charge < -0.3 is 34.4 Å². The molecule has 0 heterocycles. The number of hydroxylamine groups is 2. The summed E-state index contributed by atoms with van der Waals surface area (Å²) >= 11 is 0. The molecule has 0 radical (unpaired) electrons. The van der Waals surface area contributed by atoms with E-state index in [1.54, 1.807) is 36.4 Å². The second-order valence-electron chi connectivity index (χ2n) is 8.86. The number of benzene rings is 3. The van der Waals surface area contributed by atoms with Crippen molar-refractivity contribution in [3.63, 3.8) is 0 Å². The summed E-state index contributed by atoms with van der Waals surface area (Å²) in [5, 5.41) is 9.93. The number of halogens is 3. The van der Waals surface area contributed by atoms with E-state index in [1.165, 1.54) is 48.5 Å². The number of carbonyl (C=O) groups is 2. The molecule has 238 valence electrons. The molecule has 0 aliphatic rings. The lowest BCUT2D eigenvalue weighted by Crippen LogP contribution is -2.42. The molecule has 16 heteroatoms. The fraction of sp³-hybridized carbons (Fsp3) is 0.207. The Kier molecular flexibility index (Phi) is 12.2. The molecule has 45 heavy (non-hydrogen) atoms. The molecule has 3 aromatic rings. The van der Waals surface area contributed by atoms with E-state index in [4.69, 9.17) is 36.1 Å². The van der Waals surface area contributed by atoms with Gasteiger partial charge in [0.05, 0.1) is 13.2 Å². The van der Waals surface area contributed by atoms with Crippen LogP contribution in [-0.4, -0.2) is 54.9 Å². The number of amides is 1. The summed E-state index contributed by atoms with van der Waals surface area (Å²) in [6, 6.07) is 21.6. The van der Waals surface area contributed by atoms with Crippen molar-refractivity contribution in [2.75, 3.05) is 25.1 Å². The molecular weight excluding hydrogens is 620 g/mol. The number of rotatable bonds is 13. The molecule has 0 aromatic heterocycles. The topological polar surface area (TPSA) is 162 Å². The molecule has 0 saturated carbocycles. The minimum atomic E-state index is -5.46. The number of terminal acetylenes is 1. The number of hydrogen-bond acceptors (Lipinski definition) is 9. The number of carbonyl (C=O) groups excluding carboxylic acids is 2. The molecule has 3 aromatic carbocycles. The molecule has 0 spiro atoms. The highest BCUT2D eigenvalue weighted by molar-refractivity contribution is 7.55. The molecule has 0 fully saturated rings. The van der Waals surface area contributed by atoms with Crippen LogP contribution in [0.3, 0.4) is 0 Å². The first-order chi connectivity index (χ1) is 21.4. The SMILES string of the molecule is C#CCOCCN(OC(=O)C(F)(F)F)C(=O)OC(Cc1ccc(NC(=N)N)cc1)P(=O)(Oc1ccccc1)Oc1ccccc1.